The number of aliphatic hydroxyl groups excluding tert-OH is 1. The van der Waals surface area contributed by atoms with Crippen molar-refractivity contribution in [3.05, 3.63) is 18.6 Å². The van der Waals surface area contributed by atoms with Crippen molar-refractivity contribution >= 4 is 0 Å². The van der Waals surface area contributed by atoms with Crippen molar-refractivity contribution in [2.45, 2.75) is 18.9 Å². The smallest absolute Gasteiger partial charge is 0.0782 e. The summed E-state index contributed by atoms with van der Waals surface area (Å²) in [5.41, 5.74) is 0. The van der Waals surface area contributed by atoms with Gasteiger partial charge in [0.2, 0.25) is 0 Å². The predicted molar refractivity (Wildman–Crippen MR) is 39.5 cm³/mol. The molecule has 0 spiro atoms. The molecule has 1 heterocycles. The highest BCUT2D eigenvalue weighted by Crippen LogP contribution is 2.21. The van der Waals surface area contributed by atoms with E-state index in [1.807, 2.05) is 0 Å². The van der Waals surface area contributed by atoms with Gasteiger partial charge in [0.05, 0.1) is 6.10 Å². The molecule has 0 aromatic rings. The molecule has 0 saturated carbocycles. The highest BCUT2D eigenvalue weighted by Gasteiger charge is 2.19. The molecule has 1 unspecified atom stereocenters. The number of rotatable bonds is 2. The molecule has 57 valence electrons. The summed E-state index contributed by atoms with van der Waals surface area (Å²) in [5, 5.41) is 9.27. The van der Waals surface area contributed by atoms with E-state index in [9.17, 15) is 5.11 Å². The fourth-order valence-electron chi connectivity index (χ4n) is 1.10. The molecule has 10 heavy (non-hydrogen) atoms. The maximum atomic E-state index is 9.27. The van der Waals surface area contributed by atoms with Crippen LogP contribution in [0, 0.1) is 5.92 Å². The lowest BCUT2D eigenvalue weighted by Gasteiger charge is -2.23. The van der Waals surface area contributed by atoms with Crippen molar-refractivity contribution in [3.8, 4) is 0 Å². The summed E-state index contributed by atoms with van der Waals surface area (Å²) in [7, 11) is 0. The van der Waals surface area contributed by atoms with Crippen LogP contribution >= 0.6 is 0 Å². The van der Waals surface area contributed by atoms with Crippen molar-refractivity contribution in [2.24, 2.45) is 0 Å². The molecule has 1 aliphatic rings. The molecule has 2 heteroatoms. The Bertz CT molecular complexity index is 106. The van der Waals surface area contributed by atoms with E-state index in [0.717, 1.165) is 32.0 Å². The van der Waals surface area contributed by atoms with Crippen LogP contribution in [0.5, 0.6) is 0 Å². The molecule has 1 radical (unpaired) electrons. The summed E-state index contributed by atoms with van der Waals surface area (Å²) in [6, 6.07) is 0. The topological polar surface area (TPSA) is 29.5 Å². The van der Waals surface area contributed by atoms with Gasteiger partial charge in [-0.1, -0.05) is 6.08 Å². The maximum absolute atomic E-state index is 9.27. The van der Waals surface area contributed by atoms with Crippen LogP contribution in [0.25, 0.3) is 0 Å². The molecule has 0 aromatic heterocycles. The third kappa shape index (κ3) is 1.82. The van der Waals surface area contributed by atoms with Crippen molar-refractivity contribution in [2.75, 3.05) is 13.2 Å². The van der Waals surface area contributed by atoms with Gasteiger partial charge in [-0.2, -0.15) is 0 Å². The first-order valence-corrected chi connectivity index (χ1v) is 3.57. The highest BCUT2D eigenvalue weighted by molar-refractivity contribution is 5.05. The number of aliphatic hydroxyl groups is 1. The second kappa shape index (κ2) is 3.74. The molecule has 2 nitrogen and oxygen atoms in total. The summed E-state index contributed by atoms with van der Waals surface area (Å²) in [4.78, 5) is 0. The lowest BCUT2D eigenvalue weighted by atomic mass is 9.94. The second-order valence-corrected chi connectivity index (χ2v) is 2.45. The van der Waals surface area contributed by atoms with Gasteiger partial charge in [0.15, 0.2) is 0 Å². The molecule has 1 saturated heterocycles. The molecular formula is C8H13O2. The number of hydrogen-bond acceptors (Lipinski definition) is 2. The monoisotopic (exact) mass is 141 g/mol. The first kappa shape index (κ1) is 7.76. The van der Waals surface area contributed by atoms with E-state index in [1.54, 1.807) is 6.08 Å². The zero-order valence-electron chi connectivity index (χ0n) is 6.05. The zero-order valence-corrected chi connectivity index (χ0v) is 6.05. The Balaban J connectivity index is 2.30. The van der Waals surface area contributed by atoms with E-state index in [2.05, 4.69) is 6.58 Å². The van der Waals surface area contributed by atoms with Gasteiger partial charge in [-0.3, -0.25) is 0 Å². The van der Waals surface area contributed by atoms with E-state index >= 15 is 0 Å². The SMILES string of the molecule is C=CC(O)[C]1CCOCC1. The van der Waals surface area contributed by atoms with Gasteiger partial charge in [0.25, 0.3) is 0 Å². The average Bonchev–Trinajstić information content (AvgIpc) is 2.05. The Hall–Kier alpha value is -0.340. The molecule has 0 aliphatic carbocycles. The summed E-state index contributed by atoms with van der Waals surface area (Å²) >= 11 is 0. The molecular weight excluding hydrogens is 128 g/mol. The minimum absolute atomic E-state index is 0.413. The molecule has 1 rings (SSSR count). The minimum atomic E-state index is -0.413. The third-order valence-corrected chi connectivity index (χ3v) is 1.78. The summed E-state index contributed by atoms with van der Waals surface area (Å²) in [6.07, 6.45) is 2.92. The van der Waals surface area contributed by atoms with Gasteiger partial charge in [-0.25, -0.2) is 0 Å². The van der Waals surface area contributed by atoms with Crippen LogP contribution in [-0.4, -0.2) is 24.4 Å². The minimum Gasteiger partial charge on any atom is -0.388 e. The fraction of sp³-hybridized carbons (Fsp3) is 0.625. The molecule has 1 N–H and O–H groups in total. The Labute approximate surface area is 61.5 Å². The van der Waals surface area contributed by atoms with Gasteiger partial charge >= 0.3 is 0 Å². The Morgan fingerprint density at radius 3 is 2.60 bits per heavy atom. The summed E-state index contributed by atoms with van der Waals surface area (Å²) in [6.45, 7) is 5.02. The van der Waals surface area contributed by atoms with Gasteiger partial charge in [-0.15, -0.1) is 6.58 Å². The number of hydrogen-bond donors (Lipinski definition) is 1. The lowest BCUT2D eigenvalue weighted by molar-refractivity contribution is 0.0845. The third-order valence-electron chi connectivity index (χ3n) is 1.78. The van der Waals surface area contributed by atoms with Crippen LogP contribution in [-0.2, 0) is 4.74 Å². The van der Waals surface area contributed by atoms with Crippen LogP contribution in [0.2, 0.25) is 0 Å². The highest BCUT2D eigenvalue weighted by atomic mass is 16.5. The lowest BCUT2D eigenvalue weighted by Crippen LogP contribution is -2.23. The average molecular weight is 141 g/mol. The van der Waals surface area contributed by atoms with Crippen LogP contribution in [0.4, 0.5) is 0 Å². The number of ether oxygens (including phenoxy) is 1. The van der Waals surface area contributed by atoms with E-state index in [-0.39, 0.29) is 0 Å². The van der Waals surface area contributed by atoms with Crippen molar-refractivity contribution in [1.82, 2.24) is 0 Å². The molecule has 0 bridgehead atoms. The van der Waals surface area contributed by atoms with Gasteiger partial charge in [-0.05, 0) is 12.8 Å². The summed E-state index contributed by atoms with van der Waals surface area (Å²) < 4.78 is 5.13. The van der Waals surface area contributed by atoms with E-state index in [0.29, 0.717) is 0 Å². The molecule has 1 atom stereocenters. The predicted octanol–water partition coefficient (Wildman–Crippen LogP) is 0.918. The van der Waals surface area contributed by atoms with Crippen LogP contribution < -0.4 is 0 Å². The largest absolute Gasteiger partial charge is 0.388 e. The van der Waals surface area contributed by atoms with Crippen molar-refractivity contribution < 1.29 is 9.84 Å². The molecule has 0 amide bonds. The van der Waals surface area contributed by atoms with Gasteiger partial charge in [0.1, 0.15) is 0 Å². The standard InChI is InChI=1S/C8H13O2/c1-2-8(9)7-3-5-10-6-4-7/h2,8-9H,1,3-6H2. The van der Waals surface area contributed by atoms with E-state index in [4.69, 9.17) is 4.74 Å². The van der Waals surface area contributed by atoms with Gasteiger partial charge in [0, 0.05) is 19.1 Å². The molecule has 0 aromatic carbocycles. The summed E-state index contributed by atoms with van der Waals surface area (Å²) in [5.74, 6) is 1.15. The second-order valence-electron chi connectivity index (χ2n) is 2.45. The quantitative estimate of drug-likeness (QED) is 0.579. The first-order chi connectivity index (χ1) is 4.84. The van der Waals surface area contributed by atoms with Crippen molar-refractivity contribution in [3.63, 3.8) is 0 Å². The molecule has 1 aliphatic heterocycles. The Morgan fingerprint density at radius 1 is 1.50 bits per heavy atom. The Morgan fingerprint density at radius 2 is 2.10 bits per heavy atom. The normalized spacial score (nSPS) is 24.1. The van der Waals surface area contributed by atoms with E-state index in [1.165, 1.54) is 0 Å². The van der Waals surface area contributed by atoms with Crippen LogP contribution in [0.15, 0.2) is 12.7 Å². The first-order valence-electron chi connectivity index (χ1n) is 3.57. The van der Waals surface area contributed by atoms with Gasteiger partial charge < -0.3 is 9.84 Å². The van der Waals surface area contributed by atoms with Crippen LogP contribution in [0.3, 0.4) is 0 Å². The molecule has 1 fully saturated rings. The fourth-order valence-corrected chi connectivity index (χ4v) is 1.10. The zero-order chi connectivity index (χ0) is 7.40. The maximum Gasteiger partial charge on any atom is 0.0782 e. The van der Waals surface area contributed by atoms with Crippen LogP contribution in [0.1, 0.15) is 12.8 Å². The van der Waals surface area contributed by atoms with Crippen molar-refractivity contribution in [1.29, 1.82) is 0 Å². The van der Waals surface area contributed by atoms with E-state index < -0.39 is 6.10 Å². The Kier molecular flexibility index (Phi) is 2.90.